The molecule has 0 saturated carbocycles. The number of nitrogens with zero attached hydrogens (tertiary/aromatic N) is 2. The first-order chi connectivity index (χ1) is 11.1. The van der Waals surface area contributed by atoms with E-state index in [0.29, 0.717) is 0 Å². The van der Waals surface area contributed by atoms with Crippen LogP contribution in [0.4, 0.5) is 14.9 Å². The third-order valence-electron chi connectivity index (χ3n) is 3.70. The van der Waals surface area contributed by atoms with Crippen molar-refractivity contribution in [3.8, 4) is 0 Å². The van der Waals surface area contributed by atoms with Crippen LogP contribution in [0.25, 0.3) is 10.9 Å². The van der Waals surface area contributed by atoms with Gasteiger partial charge in [-0.15, -0.1) is 0 Å². The van der Waals surface area contributed by atoms with Gasteiger partial charge in [0, 0.05) is 10.8 Å². The highest BCUT2D eigenvalue weighted by Gasteiger charge is 2.40. The molecule has 1 amide bonds. The summed E-state index contributed by atoms with van der Waals surface area (Å²) in [6, 6.07) is 2.94. The number of amides is 1. The number of nitrogens with two attached hydrogens (primary N) is 2. The minimum atomic E-state index is -1.34. The zero-order valence-corrected chi connectivity index (χ0v) is 14.3. The number of rotatable bonds is 4. The molecule has 0 fully saturated rings. The van der Waals surface area contributed by atoms with E-state index in [1.165, 1.54) is 26.0 Å². The van der Waals surface area contributed by atoms with Crippen LogP contribution < -0.4 is 11.5 Å². The lowest BCUT2D eigenvalue weighted by atomic mass is 9.80. The zero-order chi connectivity index (χ0) is 18.2. The fourth-order valence-electron chi connectivity index (χ4n) is 2.41. The maximum absolute atomic E-state index is 14.7. The number of halogens is 2. The van der Waals surface area contributed by atoms with Crippen LogP contribution >= 0.6 is 15.9 Å². The van der Waals surface area contributed by atoms with E-state index in [1.54, 1.807) is 0 Å². The van der Waals surface area contributed by atoms with Gasteiger partial charge in [-0.3, -0.25) is 15.8 Å². The standard InChI is InChI=1S/C14H14BrFN4O4/c1-14(2,12(17)24-13(18)21)10-8(20(22)23)5-19-7-4-3-6(15)11(16)9(7)10/h3-5,12H,17H2,1-2H3,(H2,18,21). The van der Waals surface area contributed by atoms with Gasteiger partial charge in [-0.05, 0) is 28.1 Å². The number of fused-ring (bicyclic) bond motifs is 1. The van der Waals surface area contributed by atoms with E-state index >= 15 is 0 Å². The van der Waals surface area contributed by atoms with Crippen LogP contribution in [0.5, 0.6) is 0 Å². The summed E-state index contributed by atoms with van der Waals surface area (Å²) >= 11 is 3.05. The van der Waals surface area contributed by atoms with E-state index in [1.807, 2.05) is 0 Å². The Morgan fingerprint density at radius 2 is 2.12 bits per heavy atom. The van der Waals surface area contributed by atoms with E-state index in [9.17, 15) is 19.3 Å². The van der Waals surface area contributed by atoms with E-state index in [2.05, 4.69) is 20.9 Å². The smallest absolute Gasteiger partial charge is 0.406 e. The fraction of sp³-hybridized carbons (Fsp3) is 0.286. The van der Waals surface area contributed by atoms with Gasteiger partial charge in [0.15, 0.2) is 6.23 Å². The molecule has 8 nitrogen and oxygen atoms in total. The van der Waals surface area contributed by atoms with Gasteiger partial charge in [-0.25, -0.2) is 14.2 Å². The van der Waals surface area contributed by atoms with Gasteiger partial charge in [-0.1, -0.05) is 13.8 Å². The maximum Gasteiger partial charge on any atom is 0.406 e. The molecule has 4 N–H and O–H groups in total. The molecule has 0 saturated heterocycles. The van der Waals surface area contributed by atoms with Crippen molar-refractivity contribution in [1.82, 2.24) is 4.98 Å². The van der Waals surface area contributed by atoms with Crippen molar-refractivity contribution >= 4 is 38.6 Å². The molecule has 1 atom stereocenters. The van der Waals surface area contributed by atoms with Crippen molar-refractivity contribution in [1.29, 1.82) is 0 Å². The molecule has 0 aliphatic carbocycles. The van der Waals surface area contributed by atoms with E-state index in [0.717, 1.165) is 6.20 Å². The van der Waals surface area contributed by atoms with Crippen LogP contribution in [0.3, 0.4) is 0 Å². The molecule has 0 spiro atoms. The van der Waals surface area contributed by atoms with Gasteiger partial charge < -0.3 is 10.5 Å². The number of primary amides is 1. The van der Waals surface area contributed by atoms with Gasteiger partial charge in [0.25, 0.3) is 5.69 Å². The first kappa shape index (κ1) is 18.0. The van der Waals surface area contributed by atoms with Crippen LogP contribution in [-0.2, 0) is 10.2 Å². The zero-order valence-electron chi connectivity index (χ0n) is 12.7. The summed E-state index contributed by atoms with van der Waals surface area (Å²) in [5, 5.41) is 11.3. The summed E-state index contributed by atoms with van der Waals surface area (Å²) in [6.45, 7) is 2.98. The first-order valence-electron chi connectivity index (χ1n) is 6.70. The Labute approximate surface area is 144 Å². The lowest BCUT2D eigenvalue weighted by Crippen LogP contribution is -2.45. The van der Waals surface area contributed by atoms with Crippen LogP contribution in [0.15, 0.2) is 22.8 Å². The van der Waals surface area contributed by atoms with Gasteiger partial charge in [0.05, 0.1) is 20.5 Å². The maximum atomic E-state index is 14.7. The summed E-state index contributed by atoms with van der Waals surface area (Å²) in [5.74, 6) is -0.724. The molecule has 24 heavy (non-hydrogen) atoms. The van der Waals surface area contributed by atoms with Gasteiger partial charge in [-0.2, -0.15) is 0 Å². The molecule has 0 aliphatic heterocycles. The predicted molar refractivity (Wildman–Crippen MR) is 87.7 cm³/mol. The molecule has 2 rings (SSSR count). The molecule has 0 aliphatic rings. The highest BCUT2D eigenvalue weighted by Crippen LogP contribution is 2.40. The van der Waals surface area contributed by atoms with Crippen molar-refractivity contribution in [2.24, 2.45) is 11.5 Å². The second kappa shape index (κ2) is 6.29. The second-order valence-corrected chi connectivity index (χ2v) is 6.46. The van der Waals surface area contributed by atoms with E-state index in [4.69, 9.17) is 16.2 Å². The Morgan fingerprint density at radius 1 is 1.50 bits per heavy atom. The van der Waals surface area contributed by atoms with E-state index < -0.39 is 34.2 Å². The Balaban J connectivity index is 2.87. The summed E-state index contributed by atoms with van der Waals surface area (Å²) in [6.07, 6.45) is -1.46. The first-order valence-corrected chi connectivity index (χ1v) is 7.50. The molecule has 0 bridgehead atoms. The summed E-state index contributed by atoms with van der Waals surface area (Å²) in [7, 11) is 0. The van der Waals surface area contributed by atoms with Crippen molar-refractivity contribution in [2.75, 3.05) is 0 Å². The number of benzene rings is 1. The molecular weight excluding hydrogens is 387 g/mol. The Kier molecular flexibility index (Phi) is 4.72. The summed E-state index contributed by atoms with van der Waals surface area (Å²) in [4.78, 5) is 25.6. The molecule has 1 aromatic heterocycles. The number of hydrogen-bond acceptors (Lipinski definition) is 6. The molecule has 1 unspecified atom stereocenters. The Bertz CT molecular complexity index is 843. The lowest BCUT2D eigenvalue weighted by molar-refractivity contribution is -0.386. The average Bonchev–Trinajstić information content (AvgIpc) is 2.49. The molecule has 2 aromatic rings. The lowest BCUT2D eigenvalue weighted by Gasteiger charge is -2.31. The number of nitro groups is 1. The SMILES string of the molecule is CC(C)(c1c([N+](=O)[O-])cnc2ccc(Br)c(F)c12)C(N)OC(N)=O. The normalized spacial score (nSPS) is 12.9. The number of hydrogen-bond donors (Lipinski definition) is 2. The number of carbonyl (C=O) groups is 1. The van der Waals surface area contributed by atoms with Crippen LogP contribution in [0.2, 0.25) is 0 Å². The third kappa shape index (κ3) is 3.02. The Morgan fingerprint density at radius 3 is 2.67 bits per heavy atom. The van der Waals surface area contributed by atoms with Gasteiger partial charge >= 0.3 is 6.09 Å². The Hall–Kier alpha value is -2.33. The monoisotopic (exact) mass is 400 g/mol. The van der Waals surface area contributed by atoms with Crippen LogP contribution in [0.1, 0.15) is 19.4 Å². The molecule has 128 valence electrons. The molecule has 1 heterocycles. The largest absolute Gasteiger partial charge is 0.430 e. The summed E-state index contributed by atoms with van der Waals surface area (Å²) in [5.41, 5.74) is 9.21. The highest BCUT2D eigenvalue weighted by atomic mass is 79.9. The molecular formula is C14H14BrFN4O4. The van der Waals surface area contributed by atoms with Crippen molar-refractivity contribution in [3.05, 3.63) is 44.3 Å². The minimum Gasteiger partial charge on any atom is -0.430 e. The van der Waals surface area contributed by atoms with Crippen molar-refractivity contribution in [2.45, 2.75) is 25.5 Å². The van der Waals surface area contributed by atoms with Gasteiger partial charge in [0.1, 0.15) is 12.0 Å². The quantitative estimate of drug-likeness (QED) is 0.460. The average molecular weight is 401 g/mol. The fourth-order valence-corrected chi connectivity index (χ4v) is 2.74. The van der Waals surface area contributed by atoms with Gasteiger partial charge in [0.2, 0.25) is 0 Å². The number of carbonyl (C=O) groups excluding carboxylic acids is 1. The minimum absolute atomic E-state index is 0.0370. The van der Waals surface area contributed by atoms with E-state index in [-0.39, 0.29) is 20.9 Å². The molecule has 10 heteroatoms. The van der Waals surface area contributed by atoms with Crippen LogP contribution in [0, 0.1) is 15.9 Å². The third-order valence-corrected chi connectivity index (χ3v) is 4.31. The van der Waals surface area contributed by atoms with Crippen molar-refractivity contribution in [3.63, 3.8) is 0 Å². The molecule has 1 aromatic carbocycles. The van der Waals surface area contributed by atoms with Crippen LogP contribution in [-0.4, -0.2) is 22.2 Å². The number of ether oxygens (including phenoxy) is 1. The highest BCUT2D eigenvalue weighted by molar-refractivity contribution is 9.10. The number of pyridine rings is 1. The topological polar surface area (TPSA) is 134 Å². The van der Waals surface area contributed by atoms with Crippen molar-refractivity contribution < 1.29 is 18.8 Å². The number of aromatic nitrogens is 1. The second-order valence-electron chi connectivity index (χ2n) is 5.61. The summed E-state index contributed by atoms with van der Waals surface area (Å²) < 4.78 is 19.5. The molecule has 0 radical (unpaired) electrons. The predicted octanol–water partition coefficient (Wildman–Crippen LogP) is 2.70.